The zero-order valence-corrected chi connectivity index (χ0v) is 14.8. The molecule has 0 amide bonds. The van der Waals surface area contributed by atoms with Crippen LogP contribution < -0.4 is 16.2 Å². The van der Waals surface area contributed by atoms with Gasteiger partial charge in [0.25, 0.3) is 5.56 Å². The Balaban J connectivity index is 1.82. The van der Waals surface area contributed by atoms with Crippen molar-refractivity contribution in [1.29, 1.82) is 0 Å². The molecule has 3 rings (SSSR count). The highest BCUT2D eigenvalue weighted by atomic mass is 35.5. The summed E-state index contributed by atoms with van der Waals surface area (Å²) in [5, 5.41) is 6.44. The minimum absolute atomic E-state index is 0.202. The molecule has 26 heavy (non-hydrogen) atoms. The molecule has 0 aliphatic heterocycles. The third-order valence-electron chi connectivity index (χ3n) is 3.63. The molecule has 0 saturated heterocycles. The Kier molecular flexibility index (Phi) is 5.13. The maximum absolute atomic E-state index is 13.0. The topological polar surface area (TPSA) is 95.6 Å². The summed E-state index contributed by atoms with van der Waals surface area (Å²) in [5.74, 6) is 0.419. The van der Waals surface area contributed by atoms with Gasteiger partial charge in [-0.2, -0.15) is 4.98 Å². The van der Waals surface area contributed by atoms with Crippen molar-refractivity contribution in [2.24, 2.45) is 0 Å². The fourth-order valence-electron chi connectivity index (χ4n) is 2.24. The Morgan fingerprint density at radius 2 is 2.08 bits per heavy atom. The van der Waals surface area contributed by atoms with Gasteiger partial charge >= 0.3 is 0 Å². The molecule has 0 aliphatic rings. The van der Waals surface area contributed by atoms with Crippen LogP contribution in [0.2, 0.25) is 5.02 Å². The molecule has 1 atom stereocenters. The summed E-state index contributed by atoms with van der Waals surface area (Å²) in [6, 6.07) is 4.24. The molecular weight excluding hydrogens is 359 g/mol. The van der Waals surface area contributed by atoms with Crippen LogP contribution in [0.3, 0.4) is 0 Å². The maximum Gasteiger partial charge on any atom is 0.271 e. The highest BCUT2D eigenvalue weighted by Crippen LogP contribution is 2.21. The van der Waals surface area contributed by atoms with Crippen molar-refractivity contribution < 1.29 is 4.39 Å². The molecule has 7 nitrogen and oxygen atoms in total. The van der Waals surface area contributed by atoms with Gasteiger partial charge in [-0.05, 0) is 32.0 Å². The van der Waals surface area contributed by atoms with Gasteiger partial charge in [0.15, 0.2) is 0 Å². The van der Waals surface area contributed by atoms with Crippen molar-refractivity contribution >= 4 is 29.1 Å². The van der Waals surface area contributed by atoms with Crippen molar-refractivity contribution in [2.75, 3.05) is 10.6 Å². The summed E-state index contributed by atoms with van der Waals surface area (Å²) in [7, 11) is 0. The number of nitrogens with one attached hydrogen (secondary N) is 3. The number of hydrogen-bond acceptors (Lipinski definition) is 6. The number of nitrogens with zero attached hydrogens (tertiary/aromatic N) is 3. The molecule has 0 spiro atoms. The van der Waals surface area contributed by atoms with Crippen molar-refractivity contribution in [1.82, 2.24) is 19.9 Å². The van der Waals surface area contributed by atoms with E-state index in [-0.39, 0.29) is 23.2 Å². The minimum atomic E-state index is -0.391. The largest absolute Gasteiger partial charge is 0.362 e. The van der Waals surface area contributed by atoms with Crippen LogP contribution in [0.15, 0.2) is 41.6 Å². The lowest BCUT2D eigenvalue weighted by Gasteiger charge is -2.16. The summed E-state index contributed by atoms with van der Waals surface area (Å²) in [6.07, 6.45) is 4.19. The second-order valence-electron chi connectivity index (χ2n) is 5.68. The molecule has 0 unspecified atom stereocenters. The van der Waals surface area contributed by atoms with Crippen LogP contribution in [0.4, 0.5) is 21.8 Å². The zero-order chi connectivity index (χ0) is 18.7. The van der Waals surface area contributed by atoms with E-state index in [2.05, 4.69) is 30.6 Å². The highest BCUT2D eigenvalue weighted by Gasteiger charge is 2.12. The lowest BCUT2D eigenvalue weighted by molar-refractivity contribution is 0.617. The van der Waals surface area contributed by atoms with E-state index in [1.165, 1.54) is 24.5 Å². The molecule has 0 aromatic carbocycles. The van der Waals surface area contributed by atoms with Gasteiger partial charge in [0.2, 0.25) is 5.95 Å². The van der Waals surface area contributed by atoms with Crippen LogP contribution in [0.1, 0.15) is 24.2 Å². The number of aryl methyl sites for hydroxylation is 1. The number of pyridine rings is 2. The molecule has 3 heterocycles. The van der Waals surface area contributed by atoms with Gasteiger partial charge in [0.1, 0.15) is 17.3 Å². The first-order valence-electron chi connectivity index (χ1n) is 7.79. The molecule has 0 bridgehead atoms. The zero-order valence-electron chi connectivity index (χ0n) is 14.0. The monoisotopic (exact) mass is 374 g/mol. The summed E-state index contributed by atoms with van der Waals surface area (Å²) in [5.41, 5.74) is 1.38. The summed E-state index contributed by atoms with van der Waals surface area (Å²) in [4.78, 5) is 27.0. The second kappa shape index (κ2) is 7.49. The first kappa shape index (κ1) is 17.8. The lowest BCUT2D eigenvalue weighted by Crippen LogP contribution is -2.14. The predicted octanol–water partition coefficient (Wildman–Crippen LogP) is 3.58. The van der Waals surface area contributed by atoms with Crippen LogP contribution >= 0.6 is 11.6 Å². The SMILES string of the molecule is Cc1cnc(Nc2cc(Cl)c[nH]c2=O)nc1N[C@@H](C)c1ccc(F)cn1. The normalized spacial score (nSPS) is 11.8. The number of halogens is 2. The Hall–Kier alpha value is -3.00. The van der Waals surface area contributed by atoms with Crippen molar-refractivity contribution in [3.05, 3.63) is 69.2 Å². The molecular formula is C17H16ClFN6O. The lowest BCUT2D eigenvalue weighted by atomic mass is 10.2. The Bertz CT molecular complexity index is 976. The molecule has 0 radical (unpaired) electrons. The Morgan fingerprint density at radius 3 is 2.81 bits per heavy atom. The number of anilines is 3. The van der Waals surface area contributed by atoms with E-state index in [4.69, 9.17) is 11.6 Å². The van der Waals surface area contributed by atoms with Gasteiger partial charge in [0, 0.05) is 18.0 Å². The number of aromatic amines is 1. The van der Waals surface area contributed by atoms with Crippen molar-refractivity contribution in [3.63, 3.8) is 0 Å². The van der Waals surface area contributed by atoms with Crippen LogP contribution in [0.5, 0.6) is 0 Å². The minimum Gasteiger partial charge on any atom is -0.362 e. The van der Waals surface area contributed by atoms with Gasteiger partial charge in [0.05, 0.1) is 23.0 Å². The van der Waals surface area contributed by atoms with E-state index in [0.717, 1.165) is 5.56 Å². The molecule has 0 fully saturated rings. The fourth-order valence-corrected chi connectivity index (χ4v) is 2.41. The van der Waals surface area contributed by atoms with Crippen LogP contribution in [-0.4, -0.2) is 19.9 Å². The first-order valence-corrected chi connectivity index (χ1v) is 8.17. The molecule has 3 aromatic heterocycles. The number of H-pyrrole nitrogens is 1. The molecule has 3 N–H and O–H groups in total. The summed E-state index contributed by atoms with van der Waals surface area (Å²) < 4.78 is 13.0. The molecule has 3 aromatic rings. The number of aromatic nitrogens is 4. The van der Waals surface area contributed by atoms with Gasteiger partial charge in [-0.15, -0.1) is 0 Å². The van der Waals surface area contributed by atoms with Gasteiger partial charge < -0.3 is 15.6 Å². The predicted molar refractivity (Wildman–Crippen MR) is 98.4 cm³/mol. The van der Waals surface area contributed by atoms with E-state index < -0.39 is 5.82 Å². The van der Waals surface area contributed by atoms with E-state index in [1.807, 2.05) is 13.8 Å². The van der Waals surface area contributed by atoms with E-state index >= 15 is 0 Å². The standard InChI is InChI=1S/C17H16ClFN6O/c1-9-6-22-17(24-14-5-11(18)7-21-16(14)26)25-15(9)23-10(2)13-4-3-12(19)8-20-13/h3-8,10H,1-2H3,(H,21,26)(H2,22,23,24,25)/t10-/m0/s1. The van der Waals surface area contributed by atoms with Crippen molar-refractivity contribution in [3.8, 4) is 0 Å². The highest BCUT2D eigenvalue weighted by molar-refractivity contribution is 6.30. The molecule has 0 aliphatic carbocycles. The van der Waals surface area contributed by atoms with Gasteiger partial charge in [-0.25, -0.2) is 9.37 Å². The van der Waals surface area contributed by atoms with Crippen LogP contribution in [-0.2, 0) is 0 Å². The average molecular weight is 375 g/mol. The second-order valence-corrected chi connectivity index (χ2v) is 6.11. The van der Waals surface area contributed by atoms with Crippen LogP contribution in [0.25, 0.3) is 0 Å². The Labute approximate surface area is 153 Å². The molecule has 0 saturated carbocycles. The van der Waals surface area contributed by atoms with E-state index in [0.29, 0.717) is 16.5 Å². The summed E-state index contributed by atoms with van der Waals surface area (Å²) >= 11 is 5.89. The van der Waals surface area contributed by atoms with Gasteiger partial charge in [-0.3, -0.25) is 9.78 Å². The maximum atomic E-state index is 13.0. The quantitative estimate of drug-likeness (QED) is 0.631. The third kappa shape index (κ3) is 4.15. The van der Waals surface area contributed by atoms with Crippen molar-refractivity contribution in [2.45, 2.75) is 19.9 Å². The average Bonchev–Trinajstić information content (AvgIpc) is 2.61. The van der Waals surface area contributed by atoms with E-state index in [9.17, 15) is 9.18 Å². The number of rotatable bonds is 5. The fraction of sp³-hybridized carbons (Fsp3) is 0.176. The van der Waals surface area contributed by atoms with E-state index in [1.54, 1.807) is 12.3 Å². The third-order valence-corrected chi connectivity index (χ3v) is 3.85. The smallest absolute Gasteiger partial charge is 0.271 e. The molecule has 134 valence electrons. The Morgan fingerprint density at radius 1 is 1.27 bits per heavy atom. The first-order chi connectivity index (χ1) is 12.4. The molecule has 9 heteroatoms. The number of hydrogen-bond donors (Lipinski definition) is 3. The van der Waals surface area contributed by atoms with Gasteiger partial charge in [-0.1, -0.05) is 11.6 Å². The van der Waals surface area contributed by atoms with Crippen LogP contribution in [0, 0.1) is 12.7 Å². The summed E-state index contributed by atoms with van der Waals surface area (Å²) in [6.45, 7) is 3.74.